The number of halogens is 1. The van der Waals surface area contributed by atoms with Gasteiger partial charge in [0.05, 0.1) is 11.6 Å². The van der Waals surface area contributed by atoms with Gasteiger partial charge in [0.25, 0.3) is 0 Å². The summed E-state index contributed by atoms with van der Waals surface area (Å²) in [5.74, 6) is 1.65. The first-order valence-corrected chi connectivity index (χ1v) is 8.02. The van der Waals surface area contributed by atoms with Crippen molar-refractivity contribution in [3.63, 3.8) is 0 Å². The molecule has 0 fully saturated rings. The highest BCUT2D eigenvalue weighted by molar-refractivity contribution is 9.10. The zero-order valence-corrected chi connectivity index (χ0v) is 14.0. The summed E-state index contributed by atoms with van der Waals surface area (Å²) in [5.41, 5.74) is 0. The molecule has 0 spiro atoms. The molecule has 0 radical (unpaired) electrons. The van der Waals surface area contributed by atoms with Gasteiger partial charge in [0, 0.05) is 22.8 Å². The van der Waals surface area contributed by atoms with Crippen molar-refractivity contribution in [2.75, 3.05) is 20.3 Å². The topological polar surface area (TPSA) is 30.5 Å². The molecule has 0 unspecified atom stereocenters. The number of hydrogen-bond acceptors (Lipinski definition) is 4. The van der Waals surface area contributed by atoms with Crippen molar-refractivity contribution >= 4 is 27.3 Å². The fourth-order valence-corrected chi connectivity index (χ4v) is 3.08. The molecule has 0 saturated carbocycles. The molecule has 0 bridgehead atoms. The van der Waals surface area contributed by atoms with Crippen LogP contribution in [0.25, 0.3) is 0 Å². The molecule has 1 N–H and O–H groups in total. The molecule has 0 amide bonds. The second-order valence-corrected chi connectivity index (χ2v) is 6.56. The molecule has 1 aromatic carbocycles. The summed E-state index contributed by atoms with van der Waals surface area (Å²) in [7, 11) is 1.65. The normalized spacial score (nSPS) is 10.6. The Morgan fingerprint density at radius 3 is 2.75 bits per heavy atom. The summed E-state index contributed by atoms with van der Waals surface area (Å²) in [6, 6.07) is 10.0. The molecular formula is C15H18BrNO2S. The van der Waals surface area contributed by atoms with Crippen LogP contribution in [0, 0.1) is 6.92 Å². The second-order valence-electron chi connectivity index (χ2n) is 4.33. The van der Waals surface area contributed by atoms with Crippen LogP contribution in [-0.4, -0.2) is 20.3 Å². The molecular weight excluding hydrogens is 338 g/mol. The van der Waals surface area contributed by atoms with Gasteiger partial charge in [0.2, 0.25) is 0 Å². The first-order chi connectivity index (χ1) is 9.69. The average Bonchev–Trinajstić information content (AvgIpc) is 2.85. The Morgan fingerprint density at radius 2 is 2.10 bits per heavy atom. The Labute approximate surface area is 132 Å². The van der Waals surface area contributed by atoms with E-state index in [0.29, 0.717) is 6.61 Å². The summed E-state index contributed by atoms with van der Waals surface area (Å²) in [4.78, 5) is 2.70. The summed E-state index contributed by atoms with van der Waals surface area (Å²) >= 11 is 5.30. The lowest BCUT2D eigenvalue weighted by atomic mass is 10.3. The van der Waals surface area contributed by atoms with Gasteiger partial charge in [-0.3, -0.25) is 0 Å². The molecule has 2 rings (SSSR count). The smallest absolute Gasteiger partial charge is 0.133 e. The molecule has 108 valence electrons. The molecule has 0 aliphatic heterocycles. The van der Waals surface area contributed by atoms with Gasteiger partial charge < -0.3 is 14.8 Å². The van der Waals surface area contributed by atoms with Crippen molar-refractivity contribution in [2.24, 2.45) is 0 Å². The summed E-state index contributed by atoms with van der Waals surface area (Å²) in [6.07, 6.45) is 0. The summed E-state index contributed by atoms with van der Waals surface area (Å²) in [5, 5.41) is 3.37. The zero-order valence-electron chi connectivity index (χ0n) is 11.6. The highest BCUT2D eigenvalue weighted by atomic mass is 79.9. The van der Waals surface area contributed by atoms with Crippen LogP contribution in [0.5, 0.6) is 11.5 Å². The van der Waals surface area contributed by atoms with Gasteiger partial charge in [-0.2, -0.15) is 0 Å². The van der Waals surface area contributed by atoms with Crippen molar-refractivity contribution in [3.8, 4) is 11.5 Å². The van der Waals surface area contributed by atoms with Gasteiger partial charge in [-0.25, -0.2) is 0 Å². The highest BCUT2D eigenvalue weighted by Crippen LogP contribution is 2.28. The van der Waals surface area contributed by atoms with E-state index in [-0.39, 0.29) is 0 Å². The number of rotatable bonds is 7. The molecule has 1 heterocycles. The number of hydrogen-bond donors (Lipinski definition) is 1. The van der Waals surface area contributed by atoms with Crippen LogP contribution in [0.3, 0.4) is 0 Å². The van der Waals surface area contributed by atoms with Crippen molar-refractivity contribution in [3.05, 3.63) is 44.6 Å². The van der Waals surface area contributed by atoms with E-state index in [0.717, 1.165) is 29.1 Å². The lowest BCUT2D eigenvalue weighted by Crippen LogP contribution is -2.20. The number of methoxy groups -OCH3 is 1. The largest absolute Gasteiger partial charge is 0.497 e. The Hall–Kier alpha value is -1.04. The SMILES string of the molecule is COc1ccc(OCCNCc2ccc(C)s2)c(Br)c1. The van der Waals surface area contributed by atoms with E-state index in [4.69, 9.17) is 9.47 Å². The Kier molecular flexibility index (Phi) is 5.88. The highest BCUT2D eigenvalue weighted by Gasteiger charge is 2.03. The van der Waals surface area contributed by atoms with Crippen LogP contribution in [-0.2, 0) is 6.54 Å². The molecule has 0 aliphatic rings. The zero-order chi connectivity index (χ0) is 14.4. The fraction of sp³-hybridized carbons (Fsp3) is 0.333. The summed E-state index contributed by atoms with van der Waals surface area (Å²) in [6.45, 7) is 4.47. The monoisotopic (exact) mass is 355 g/mol. The third-order valence-electron chi connectivity index (χ3n) is 2.77. The van der Waals surface area contributed by atoms with E-state index in [1.807, 2.05) is 29.5 Å². The fourth-order valence-electron chi connectivity index (χ4n) is 1.75. The Balaban J connectivity index is 1.70. The number of thiophene rings is 1. The van der Waals surface area contributed by atoms with E-state index in [1.54, 1.807) is 7.11 Å². The molecule has 1 aromatic heterocycles. The number of nitrogens with one attached hydrogen (secondary N) is 1. The quantitative estimate of drug-likeness (QED) is 0.761. The van der Waals surface area contributed by atoms with Crippen LogP contribution in [0.2, 0.25) is 0 Å². The predicted octanol–water partition coefficient (Wildman–Crippen LogP) is 4.00. The van der Waals surface area contributed by atoms with Crippen LogP contribution < -0.4 is 14.8 Å². The minimum atomic E-state index is 0.634. The van der Waals surface area contributed by atoms with Crippen molar-refractivity contribution in [2.45, 2.75) is 13.5 Å². The maximum atomic E-state index is 5.72. The van der Waals surface area contributed by atoms with Gasteiger partial charge in [0.15, 0.2) is 0 Å². The molecule has 2 aromatic rings. The first-order valence-electron chi connectivity index (χ1n) is 6.41. The molecule has 0 saturated heterocycles. The maximum absolute atomic E-state index is 5.72. The molecule has 3 nitrogen and oxygen atoms in total. The van der Waals surface area contributed by atoms with E-state index in [9.17, 15) is 0 Å². The lowest BCUT2D eigenvalue weighted by Gasteiger charge is -2.10. The maximum Gasteiger partial charge on any atom is 0.133 e. The van der Waals surface area contributed by atoms with Gasteiger partial charge in [-0.15, -0.1) is 11.3 Å². The van der Waals surface area contributed by atoms with E-state index in [2.05, 4.69) is 40.3 Å². The van der Waals surface area contributed by atoms with Crippen LogP contribution in [0.15, 0.2) is 34.8 Å². The minimum absolute atomic E-state index is 0.634. The second kappa shape index (κ2) is 7.67. The van der Waals surface area contributed by atoms with Crippen molar-refractivity contribution < 1.29 is 9.47 Å². The Morgan fingerprint density at radius 1 is 1.25 bits per heavy atom. The van der Waals surface area contributed by atoms with E-state index >= 15 is 0 Å². The third kappa shape index (κ3) is 4.51. The van der Waals surface area contributed by atoms with E-state index in [1.165, 1.54) is 9.75 Å². The minimum Gasteiger partial charge on any atom is -0.497 e. The van der Waals surface area contributed by atoms with Crippen LogP contribution in [0.4, 0.5) is 0 Å². The van der Waals surface area contributed by atoms with E-state index < -0.39 is 0 Å². The van der Waals surface area contributed by atoms with Crippen LogP contribution >= 0.6 is 27.3 Å². The van der Waals surface area contributed by atoms with Gasteiger partial charge in [0.1, 0.15) is 18.1 Å². The third-order valence-corrected chi connectivity index (χ3v) is 4.39. The number of benzene rings is 1. The number of aryl methyl sites for hydroxylation is 1. The first kappa shape index (κ1) is 15.4. The number of ether oxygens (including phenoxy) is 2. The van der Waals surface area contributed by atoms with Gasteiger partial charge in [-0.05, 0) is 53.2 Å². The average molecular weight is 356 g/mol. The van der Waals surface area contributed by atoms with Crippen molar-refractivity contribution in [1.82, 2.24) is 5.32 Å². The predicted molar refractivity (Wildman–Crippen MR) is 87.0 cm³/mol. The molecule has 0 atom stereocenters. The van der Waals surface area contributed by atoms with Gasteiger partial charge in [-0.1, -0.05) is 0 Å². The molecule has 5 heteroatoms. The van der Waals surface area contributed by atoms with Crippen molar-refractivity contribution in [1.29, 1.82) is 0 Å². The lowest BCUT2D eigenvalue weighted by molar-refractivity contribution is 0.311. The molecule has 0 aliphatic carbocycles. The van der Waals surface area contributed by atoms with Crippen LogP contribution in [0.1, 0.15) is 9.75 Å². The van der Waals surface area contributed by atoms with Gasteiger partial charge >= 0.3 is 0 Å². The molecule has 20 heavy (non-hydrogen) atoms. The standard InChI is InChI=1S/C15H18BrNO2S/c1-11-3-5-13(20-11)10-17-7-8-19-15-6-4-12(18-2)9-14(15)16/h3-6,9,17H,7-8,10H2,1-2H3. The summed E-state index contributed by atoms with van der Waals surface area (Å²) < 4.78 is 11.8. The Bertz CT molecular complexity index is 557.